The molecule has 0 aliphatic carbocycles. The normalized spacial score (nSPS) is 20.0. The molecule has 0 spiro atoms. The van der Waals surface area contributed by atoms with E-state index in [4.69, 9.17) is 21.1 Å². The Kier molecular flexibility index (Phi) is 5.50. The summed E-state index contributed by atoms with van der Waals surface area (Å²) in [5, 5.41) is 2.86. The Morgan fingerprint density at radius 1 is 1.18 bits per heavy atom. The van der Waals surface area contributed by atoms with Crippen molar-refractivity contribution in [3.05, 3.63) is 34.7 Å². The maximum absolute atomic E-state index is 12.8. The lowest BCUT2D eigenvalue weighted by atomic mass is 9.98. The third-order valence-electron chi connectivity index (χ3n) is 4.71. The fraction of sp³-hybridized carbons (Fsp3) is 0.389. The van der Waals surface area contributed by atoms with Gasteiger partial charge in [0, 0.05) is 24.8 Å². The minimum Gasteiger partial charge on any atom is -0.486 e. The maximum Gasteiger partial charge on any atom is 0.252 e. The van der Waals surface area contributed by atoms with E-state index in [1.54, 1.807) is 24.3 Å². The second kappa shape index (κ2) is 7.90. The fourth-order valence-electron chi connectivity index (χ4n) is 3.30. The van der Waals surface area contributed by atoms with Gasteiger partial charge in [0.05, 0.1) is 10.3 Å². The van der Waals surface area contributed by atoms with Crippen molar-refractivity contribution in [1.29, 1.82) is 0 Å². The van der Waals surface area contributed by atoms with Crippen molar-refractivity contribution >= 4 is 44.6 Å². The van der Waals surface area contributed by atoms with Gasteiger partial charge in [-0.2, -0.15) is 4.31 Å². The Bertz CT molecular complexity index is 992. The number of hydrogen-bond donors (Lipinski definition) is 1. The Morgan fingerprint density at radius 3 is 2.71 bits per heavy atom. The standard InChI is InChI=1S/C18H19ClN2O5S2/c19-16-5-6-17(27-16)28(23,24)21-7-1-2-12(11-21)18(22)20-13-3-4-14-15(10-13)26-9-8-25-14/h3-6,10,12H,1-2,7-9,11H2,(H,20,22)/t12-/m1/s1. The van der Waals surface area contributed by atoms with Gasteiger partial charge in [-0.05, 0) is 37.1 Å². The molecule has 1 saturated heterocycles. The van der Waals surface area contributed by atoms with Crippen molar-refractivity contribution in [2.45, 2.75) is 17.1 Å². The molecule has 1 aromatic carbocycles. The Hall–Kier alpha value is -1.81. The first-order valence-corrected chi connectivity index (χ1v) is 11.5. The number of carbonyl (C=O) groups is 1. The van der Waals surface area contributed by atoms with E-state index in [2.05, 4.69) is 5.32 Å². The van der Waals surface area contributed by atoms with Crippen LogP contribution in [0.5, 0.6) is 11.5 Å². The molecule has 2 aromatic rings. The molecule has 10 heteroatoms. The van der Waals surface area contributed by atoms with Crippen LogP contribution in [0, 0.1) is 5.92 Å². The number of carbonyl (C=O) groups excluding carboxylic acids is 1. The van der Waals surface area contributed by atoms with Gasteiger partial charge in [-0.3, -0.25) is 4.79 Å². The molecule has 2 aliphatic heterocycles. The minimum atomic E-state index is -3.64. The van der Waals surface area contributed by atoms with Gasteiger partial charge in [0.25, 0.3) is 10.0 Å². The van der Waals surface area contributed by atoms with Crippen LogP contribution in [0.4, 0.5) is 5.69 Å². The van der Waals surface area contributed by atoms with Crippen molar-refractivity contribution in [1.82, 2.24) is 4.31 Å². The third-order valence-corrected chi connectivity index (χ3v) is 8.27. The van der Waals surface area contributed by atoms with Gasteiger partial charge in [-0.15, -0.1) is 11.3 Å². The van der Waals surface area contributed by atoms with E-state index in [9.17, 15) is 13.2 Å². The van der Waals surface area contributed by atoms with E-state index >= 15 is 0 Å². The summed E-state index contributed by atoms with van der Waals surface area (Å²) in [6.07, 6.45) is 1.26. The second-order valence-corrected chi connectivity index (χ2v) is 10.5. The molecule has 1 amide bonds. The summed E-state index contributed by atoms with van der Waals surface area (Å²) in [5.74, 6) is 0.605. The zero-order chi connectivity index (χ0) is 19.7. The van der Waals surface area contributed by atoms with Gasteiger partial charge in [-0.1, -0.05) is 11.6 Å². The van der Waals surface area contributed by atoms with Crippen LogP contribution in [0.15, 0.2) is 34.5 Å². The zero-order valence-corrected chi connectivity index (χ0v) is 17.3. The zero-order valence-electron chi connectivity index (χ0n) is 14.9. The number of piperidine rings is 1. The van der Waals surface area contributed by atoms with E-state index in [0.717, 1.165) is 11.3 Å². The number of anilines is 1. The summed E-state index contributed by atoms with van der Waals surface area (Å²) in [7, 11) is -3.64. The molecule has 1 aromatic heterocycles. The van der Waals surface area contributed by atoms with Gasteiger partial charge >= 0.3 is 0 Å². The molecule has 0 saturated carbocycles. The van der Waals surface area contributed by atoms with Gasteiger partial charge in [-0.25, -0.2) is 8.42 Å². The Balaban J connectivity index is 1.45. The molecular weight excluding hydrogens is 424 g/mol. The molecule has 4 rings (SSSR count). The van der Waals surface area contributed by atoms with Gasteiger partial charge in [0.2, 0.25) is 5.91 Å². The molecule has 0 bridgehead atoms. The lowest BCUT2D eigenvalue weighted by Crippen LogP contribution is -2.43. The largest absolute Gasteiger partial charge is 0.486 e. The Morgan fingerprint density at radius 2 is 1.96 bits per heavy atom. The fourth-order valence-corrected chi connectivity index (χ4v) is 6.46. The highest BCUT2D eigenvalue weighted by Crippen LogP contribution is 2.34. The highest BCUT2D eigenvalue weighted by Gasteiger charge is 2.34. The van der Waals surface area contributed by atoms with Crippen LogP contribution in [0.1, 0.15) is 12.8 Å². The number of nitrogens with zero attached hydrogens (tertiary/aromatic N) is 1. The molecular formula is C18H19ClN2O5S2. The number of benzene rings is 1. The van der Waals surface area contributed by atoms with Crippen LogP contribution in [0.3, 0.4) is 0 Å². The number of nitrogens with one attached hydrogen (secondary N) is 1. The number of fused-ring (bicyclic) bond motifs is 1. The predicted octanol–water partition coefficient (Wildman–Crippen LogP) is 3.21. The number of amides is 1. The molecule has 0 radical (unpaired) electrons. The topological polar surface area (TPSA) is 84.9 Å². The molecule has 1 atom stereocenters. The number of ether oxygens (including phenoxy) is 2. The first-order valence-electron chi connectivity index (χ1n) is 8.89. The van der Waals surface area contributed by atoms with Crippen molar-refractivity contribution in [3.8, 4) is 11.5 Å². The summed E-state index contributed by atoms with van der Waals surface area (Å²) >= 11 is 6.90. The molecule has 7 nitrogen and oxygen atoms in total. The maximum atomic E-state index is 12.8. The van der Waals surface area contributed by atoms with E-state index in [0.29, 0.717) is 54.1 Å². The number of thiophene rings is 1. The van der Waals surface area contributed by atoms with Gasteiger partial charge < -0.3 is 14.8 Å². The molecule has 28 heavy (non-hydrogen) atoms. The third kappa shape index (κ3) is 3.98. The molecule has 1 N–H and O–H groups in total. The SMILES string of the molecule is O=C(Nc1ccc2c(c1)OCCO2)[C@@H]1CCCN(S(=O)(=O)c2ccc(Cl)s2)C1. The number of hydrogen-bond acceptors (Lipinski definition) is 6. The molecule has 150 valence electrons. The van der Waals surface area contributed by atoms with Crippen molar-refractivity contribution in [2.75, 3.05) is 31.6 Å². The predicted molar refractivity (Wildman–Crippen MR) is 107 cm³/mol. The van der Waals surface area contributed by atoms with Crippen molar-refractivity contribution in [3.63, 3.8) is 0 Å². The van der Waals surface area contributed by atoms with Crippen LogP contribution in [-0.4, -0.2) is 44.9 Å². The highest BCUT2D eigenvalue weighted by molar-refractivity contribution is 7.91. The monoisotopic (exact) mass is 442 g/mol. The molecule has 0 unspecified atom stereocenters. The highest BCUT2D eigenvalue weighted by atomic mass is 35.5. The molecule has 2 aliphatic rings. The summed E-state index contributed by atoms with van der Waals surface area (Å²) in [5.41, 5.74) is 0.597. The molecule has 1 fully saturated rings. The van der Waals surface area contributed by atoms with E-state index in [-0.39, 0.29) is 16.7 Å². The number of halogens is 1. The quantitative estimate of drug-likeness (QED) is 0.785. The Labute approximate surface area is 172 Å². The number of sulfonamides is 1. The summed E-state index contributed by atoms with van der Waals surface area (Å²) < 4.78 is 38.6. The lowest BCUT2D eigenvalue weighted by Gasteiger charge is -2.30. The summed E-state index contributed by atoms with van der Waals surface area (Å²) in [4.78, 5) is 12.7. The molecule has 3 heterocycles. The van der Waals surface area contributed by atoms with Crippen LogP contribution >= 0.6 is 22.9 Å². The van der Waals surface area contributed by atoms with Crippen molar-refractivity contribution < 1.29 is 22.7 Å². The van der Waals surface area contributed by atoms with Crippen LogP contribution in [0.25, 0.3) is 0 Å². The van der Waals surface area contributed by atoms with Crippen LogP contribution < -0.4 is 14.8 Å². The average molecular weight is 443 g/mol. The average Bonchev–Trinajstić information content (AvgIpc) is 3.15. The van der Waals surface area contributed by atoms with E-state index in [1.165, 1.54) is 10.4 Å². The summed E-state index contributed by atoms with van der Waals surface area (Å²) in [6, 6.07) is 8.28. The first kappa shape index (κ1) is 19.5. The van der Waals surface area contributed by atoms with Crippen LogP contribution in [-0.2, 0) is 14.8 Å². The number of rotatable bonds is 4. The second-order valence-electron chi connectivity index (χ2n) is 6.61. The first-order chi connectivity index (χ1) is 13.4. The van der Waals surface area contributed by atoms with Crippen LogP contribution in [0.2, 0.25) is 4.34 Å². The summed E-state index contributed by atoms with van der Waals surface area (Å²) in [6.45, 7) is 1.51. The smallest absolute Gasteiger partial charge is 0.252 e. The van der Waals surface area contributed by atoms with Gasteiger partial charge in [0.15, 0.2) is 11.5 Å². The van der Waals surface area contributed by atoms with Crippen molar-refractivity contribution in [2.24, 2.45) is 5.92 Å². The van der Waals surface area contributed by atoms with E-state index in [1.807, 2.05) is 0 Å². The minimum absolute atomic E-state index is 0.147. The van der Waals surface area contributed by atoms with Gasteiger partial charge in [0.1, 0.15) is 17.4 Å². The lowest BCUT2D eigenvalue weighted by molar-refractivity contribution is -0.120. The van der Waals surface area contributed by atoms with E-state index < -0.39 is 15.9 Å².